The number of hydrogen-bond donors (Lipinski definition) is 0. The number of nitrogens with zero attached hydrogens (tertiary/aromatic N) is 2. The van der Waals surface area contributed by atoms with Crippen LogP contribution in [-0.4, -0.2) is 10.9 Å². The minimum absolute atomic E-state index is 0.103. The highest BCUT2D eigenvalue weighted by atomic mass is 32.1. The summed E-state index contributed by atoms with van der Waals surface area (Å²) < 4.78 is 19.1. The quantitative estimate of drug-likeness (QED) is 0.267. The van der Waals surface area contributed by atoms with Gasteiger partial charge in [-0.3, -0.25) is 9.69 Å². The largest absolute Gasteiger partial charge is 0.464 e. The standard InChI is InChI=1S/C28H23FN2O2S/c1-17-4-9-24-21(15-33-26(24)13-17)14-27(32)31(23-11-18(2)10-19(3)12-23)28-30-25(16-34-28)20-5-7-22(29)8-6-20/h4-13,15-16H,14H2,1-3H3. The van der Waals surface area contributed by atoms with E-state index in [1.165, 1.54) is 23.5 Å². The summed E-state index contributed by atoms with van der Waals surface area (Å²) in [5.74, 6) is -0.401. The highest BCUT2D eigenvalue weighted by molar-refractivity contribution is 7.14. The first-order valence-electron chi connectivity index (χ1n) is 11.0. The summed E-state index contributed by atoms with van der Waals surface area (Å²) in [6.45, 7) is 6.03. The summed E-state index contributed by atoms with van der Waals surface area (Å²) in [4.78, 5) is 20.2. The van der Waals surface area contributed by atoms with Gasteiger partial charge in [-0.05, 0) is 79.9 Å². The number of benzene rings is 3. The molecule has 5 aromatic rings. The van der Waals surface area contributed by atoms with Gasteiger partial charge in [0.1, 0.15) is 11.4 Å². The third-order valence-electron chi connectivity index (χ3n) is 5.69. The summed E-state index contributed by atoms with van der Waals surface area (Å²) in [6.07, 6.45) is 1.84. The molecule has 4 nitrogen and oxygen atoms in total. The normalized spacial score (nSPS) is 11.2. The molecule has 2 heterocycles. The molecule has 5 rings (SSSR count). The van der Waals surface area contributed by atoms with Gasteiger partial charge in [0.05, 0.1) is 24.1 Å². The van der Waals surface area contributed by atoms with Crippen LogP contribution in [0.15, 0.2) is 76.7 Å². The molecular weight excluding hydrogens is 447 g/mol. The molecule has 3 aromatic carbocycles. The van der Waals surface area contributed by atoms with Gasteiger partial charge in [-0.25, -0.2) is 9.37 Å². The number of halogens is 1. The van der Waals surface area contributed by atoms with E-state index in [1.54, 1.807) is 23.3 Å². The number of aromatic nitrogens is 1. The second-order valence-electron chi connectivity index (χ2n) is 8.53. The van der Waals surface area contributed by atoms with E-state index < -0.39 is 0 Å². The summed E-state index contributed by atoms with van der Waals surface area (Å²) in [5.41, 5.74) is 7.11. The van der Waals surface area contributed by atoms with Gasteiger partial charge in [-0.1, -0.05) is 18.2 Å². The third-order valence-corrected chi connectivity index (χ3v) is 6.52. The molecule has 34 heavy (non-hydrogen) atoms. The molecule has 0 radical (unpaired) electrons. The number of fused-ring (bicyclic) bond motifs is 1. The average molecular weight is 471 g/mol. The summed E-state index contributed by atoms with van der Waals surface area (Å²) in [5, 5.41) is 3.39. The van der Waals surface area contributed by atoms with Gasteiger partial charge in [0.15, 0.2) is 5.13 Å². The molecule has 0 spiro atoms. The number of carbonyl (C=O) groups excluding carboxylic acids is 1. The summed E-state index contributed by atoms with van der Waals surface area (Å²) in [7, 11) is 0. The molecule has 6 heteroatoms. The van der Waals surface area contributed by atoms with Gasteiger partial charge in [0.25, 0.3) is 0 Å². The molecule has 170 valence electrons. The number of furan rings is 1. The van der Waals surface area contributed by atoms with Crippen molar-refractivity contribution < 1.29 is 13.6 Å². The van der Waals surface area contributed by atoms with Crippen LogP contribution in [0.25, 0.3) is 22.2 Å². The molecule has 2 aromatic heterocycles. The lowest BCUT2D eigenvalue weighted by atomic mass is 10.1. The SMILES string of the molecule is Cc1cc(C)cc(N(C(=O)Cc2coc3cc(C)ccc23)c2nc(-c3ccc(F)cc3)cs2)c1. The molecule has 0 unspecified atom stereocenters. The van der Waals surface area contributed by atoms with Crippen molar-refractivity contribution in [2.24, 2.45) is 0 Å². The first-order chi connectivity index (χ1) is 16.4. The molecule has 0 saturated heterocycles. The number of carbonyl (C=O) groups is 1. The fraction of sp³-hybridized carbons (Fsp3) is 0.143. The molecular formula is C28H23FN2O2S. The number of thiazole rings is 1. The zero-order chi connectivity index (χ0) is 23.8. The first kappa shape index (κ1) is 22.0. The van der Waals surface area contributed by atoms with Crippen molar-refractivity contribution in [3.8, 4) is 11.3 Å². The maximum absolute atomic E-state index is 13.7. The van der Waals surface area contributed by atoms with E-state index in [-0.39, 0.29) is 18.1 Å². The monoisotopic (exact) mass is 470 g/mol. The number of hydrogen-bond acceptors (Lipinski definition) is 4. The van der Waals surface area contributed by atoms with Crippen LogP contribution in [-0.2, 0) is 11.2 Å². The maximum atomic E-state index is 13.7. The van der Waals surface area contributed by atoms with Gasteiger partial charge in [0, 0.05) is 21.9 Å². The van der Waals surface area contributed by atoms with E-state index >= 15 is 0 Å². The first-order valence-corrected chi connectivity index (χ1v) is 11.8. The topological polar surface area (TPSA) is 46.3 Å². The van der Waals surface area contributed by atoms with E-state index in [0.29, 0.717) is 10.8 Å². The Morgan fingerprint density at radius 2 is 1.71 bits per heavy atom. The van der Waals surface area contributed by atoms with Crippen molar-refractivity contribution in [1.82, 2.24) is 4.98 Å². The van der Waals surface area contributed by atoms with Gasteiger partial charge < -0.3 is 4.42 Å². The molecule has 0 aliphatic carbocycles. The Hall–Kier alpha value is -3.77. The Morgan fingerprint density at radius 1 is 0.971 bits per heavy atom. The van der Waals surface area contributed by atoms with E-state index in [9.17, 15) is 9.18 Å². The van der Waals surface area contributed by atoms with Gasteiger partial charge >= 0.3 is 0 Å². The van der Waals surface area contributed by atoms with E-state index in [2.05, 4.69) is 6.07 Å². The highest BCUT2D eigenvalue weighted by Gasteiger charge is 2.24. The lowest BCUT2D eigenvalue weighted by Crippen LogP contribution is -2.27. The maximum Gasteiger partial charge on any atom is 0.237 e. The van der Waals surface area contributed by atoms with Crippen LogP contribution in [0.4, 0.5) is 15.2 Å². The zero-order valence-corrected chi connectivity index (χ0v) is 19.9. The smallest absolute Gasteiger partial charge is 0.237 e. The van der Waals surface area contributed by atoms with Crippen LogP contribution in [0.3, 0.4) is 0 Å². The number of anilines is 2. The van der Waals surface area contributed by atoms with Crippen molar-refractivity contribution in [2.45, 2.75) is 27.2 Å². The molecule has 1 amide bonds. The Bertz CT molecular complexity index is 1480. The molecule has 0 N–H and O–H groups in total. The zero-order valence-electron chi connectivity index (χ0n) is 19.1. The van der Waals surface area contributed by atoms with E-state index in [1.807, 2.05) is 56.5 Å². The minimum Gasteiger partial charge on any atom is -0.464 e. The lowest BCUT2D eigenvalue weighted by molar-refractivity contribution is -0.117. The molecule has 0 atom stereocenters. The Kier molecular flexibility index (Phi) is 5.75. The van der Waals surface area contributed by atoms with Crippen LogP contribution in [0.5, 0.6) is 0 Å². The van der Waals surface area contributed by atoms with Gasteiger partial charge in [-0.15, -0.1) is 11.3 Å². The van der Waals surface area contributed by atoms with Crippen LogP contribution in [0, 0.1) is 26.6 Å². The predicted octanol–water partition coefficient (Wildman–Crippen LogP) is 7.53. The van der Waals surface area contributed by atoms with Crippen LogP contribution in [0.2, 0.25) is 0 Å². The van der Waals surface area contributed by atoms with Crippen LogP contribution >= 0.6 is 11.3 Å². The molecule has 0 bridgehead atoms. The fourth-order valence-electron chi connectivity index (χ4n) is 4.13. The van der Waals surface area contributed by atoms with Gasteiger partial charge in [0.2, 0.25) is 5.91 Å². The van der Waals surface area contributed by atoms with Crippen molar-refractivity contribution in [1.29, 1.82) is 0 Å². The van der Waals surface area contributed by atoms with Gasteiger partial charge in [-0.2, -0.15) is 0 Å². The molecule has 0 aliphatic heterocycles. The Morgan fingerprint density at radius 3 is 2.44 bits per heavy atom. The predicted molar refractivity (Wildman–Crippen MR) is 135 cm³/mol. The summed E-state index contributed by atoms with van der Waals surface area (Å²) in [6, 6.07) is 18.2. The average Bonchev–Trinajstić information content (AvgIpc) is 3.41. The summed E-state index contributed by atoms with van der Waals surface area (Å²) >= 11 is 1.39. The number of aryl methyl sites for hydroxylation is 3. The van der Waals surface area contributed by atoms with Crippen molar-refractivity contribution in [3.05, 3.63) is 100 Å². The van der Waals surface area contributed by atoms with Crippen molar-refractivity contribution in [2.75, 3.05) is 4.90 Å². The van der Waals surface area contributed by atoms with Crippen LogP contribution < -0.4 is 4.90 Å². The fourth-order valence-corrected chi connectivity index (χ4v) is 5.00. The van der Waals surface area contributed by atoms with E-state index in [0.717, 1.165) is 44.5 Å². The highest BCUT2D eigenvalue weighted by Crippen LogP contribution is 2.34. The molecule has 0 fully saturated rings. The second kappa shape index (κ2) is 8.88. The second-order valence-corrected chi connectivity index (χ2v) is 9.37. The Labute approximate surface area is 201 Å². The Balaban J connectivity index is 1.54. The number of amides is 1. The molecule has 0 saturated carbocycles. The third kappa shape index (κ3) is 4.37. The van der Waals surface area contributed by atoms with Crippen LogP contribution in [0.1, 0.15) is 22.3 Å². The lowest BCUT2D eigenvalue weighted by Gasteiger charge is -2.21. The van der Waals surface area contributed by atoms with E-state index in [4.69, 9.17) is 9.40 Å². The van der Waals surface area contributed by atoms with Crippen molar-refractivity contribution in [3.63, 3.8) is 0 Å². The number of rotatable bonds is 5. The minimum atomic E-state index is -0.297. The molecule has 0 aliphatic rings. The van der Waals surface area contributed by atoms with Crippen molar-refractivity contribution >= 4 is 39.0 Å².